The Morgan fingerprint density at radius 3 is 2.67 bits per heavy atom. The van der Waals surface area contributed by atoms with Crippen LogP contribution >= 0.6 is 0 Å². The topological polar surface area (TPSA) is 86.7 Å². The number of anilines is 1. The first-order chi connectivity index (χ1) is 9.90. The molecule has 0 aliphatic carbocycles. The quantitative estimate of drug-likeness (QED) is 0.885. The fraction of sp³-hybridized carbons (Fsp3) is 0.400. The van der Waals surface area contributed by atoms with E-state index >= 15 is 0 Å². The standard InChI is InChI=1S/C15H18N2O4/c1-9-6-7-17(13(9)15(20)21)14(19)11-4-3-5-12(8-11)16-10(2)18/h3-5,8-9,13H,6-7H2,1-2H3,(H,16,18)(H,20,21). The molecule has 1 saturated heterocycles. The SMILES string of the molecule is CC(=O)Nc1cccc(C(=O)N2CCC(C)C2C(=O)O)c1. The second-order valence-electron chi connectivity index (χ2n) is 5.31. The molecule has 6 nitrogen and oxygen atoms in total. The van der Waals surface area contributed by atoms with Crippen molar-refractivity contribution in [1.82, 2.24) is 4.90 Å². The summed E-state index contributed by atoms with van der Waals surface area (Å²) in [7, 11) is 0. The summed E-state index contributed by atoms with van der Waals surface area (Å²) in [5, 5.41) is 11.9. The minimum Gasteiger partial charge on any atom is -0.480 e. The maximum absolute atomic E-state index is 12.5. The van der Waals surface area contributed by atoms with Gasteiger partial charge in [-0.3, -0.25) is 9.59 Å². The number of amides is 2. The zero-order chi connectivity index (χ0) is 15.6. The summed E-state index contributed by atoms with van der Waals surface area (Å²) >= 11 is 0. The van der Waals surface area contributed by atoms with Crippen molar-refractivity contribution < 1.29 is 19.5 Å². The van der Waals surface area contributed by atoms with Gasteiger partial charge >= 0.3 is 5.97 Å². The molecule has 0 bridgehead atoms. The summed E-state index contributed by atoms with van der Waals surface area (Å²) in [6.45, 7) is 3.65. The third-order valence-electron chi connectivity index (χ3n) is 3.64. The van der Waals surface area contributed by atoms with E-state index in [1.54, 1.807) is 24.3 Å². The summed E-state index contributed by atoms with van der Waals surface area (Å²) in [5.74, 6) is -1.59. The minimum atomic E-state index is -0.980. The number of carboxylic acids is 1. The van der Waals surface area contributed by atoms with Crippen molar-refractivity contribution >= 4 is 23.5 Å². The predicted octanol–water partition coefficient (Wildman–Crippen LogP) is 1.58. The molecule has 1 fully saturated rings. The molecule has 0 radical (unpaired) electrons. The first kappa shape index (κ1) is 15.0. The Hall–Kier alpha value is -2.37. The van der Waals surface area contributed by atoms with Crippen molar-refractivity contribution in [3.05, 3.63) is 29.8 Å². The molecule has 1 aromatic rings. The fourth-order valence-electron chi connectivity index (χ4n) is 2.65. The second kappa shape index (κ2) is 5.95. The van der Waals surface area contributed by atoms with Crippen LogP contribution in [-0.4, -0.2) is 40.4 Å². The molecule has 2 unspecified atom stereocenters. The van der Waals surface area contributed by atoms with Crippen LogP contribution in [0.4, 0.5) is 5.69 Å². The van der Waals surface area contributed by atoms with Gasteiger partial charge in [-0.2, -0.15) is 0 Å². The summed E-state index contributed by atoms with van der Waals surface area (Å²) in [4.78, 5) is 36.3. The highest BCUT2D eigenvalue weighted by Crippen LogP contribution is 2.26. The van der Waals surface area contributed by atoms with Crippen molar-refractivity contribution in [3.8, 4) is 0 Å². The van der Waals surface area contributed by atoms with Gasteiger partial charge in [0.15, 0.2) is 0 Å². The molecule has 1 heterocycles. The number of hydrogen-bond acceptors (Lipinski definition) is 3. The second-order valence-corrected chi connectivity index (χ2v) is 5.31. The molecule has 2 amide bonds. The molecule has 2 N–H and O–H groups in total. The molecule has 0 saturated carbocycles. The number of rotatable bonds is 3. The zero-order valence-electron chi connectivity index (χ0n) is 12.0. The lowest BCUT2D eigenvalue weighted by atomic mass is 10.0. The Kier molecular flexibility index (Phi) is 4.26. The van der Waals surface area contributed by atoms with Gasteiger partial charge in [0.05, 0.1) is 0 Å². The van der Waals surface area contributed by atoms with Crippen LogP contribution in [0.15, 0.2) is 24.3 Å². The number of hydrogen-bond donors (Lipinski definition) is 2. The number of carbonyl (C=O) groups excluding carboxylic acids is 2. The largest absolute Gasteiger partial charge is 0.480 e. The van der Waals surface area contributed by atoms with Crippen LogP contribution in [0.2, 0.25) is 0 Å². The van der Waals surface area contributed by atoms with E-state index in [0.717, 1.165) is 0 Å². The summed E-state index contributed by atoms with van der Waals surface area (Å²) < 4.78 is 0. The highest BCUT2D eigenvalue weighted by atomic mass is 16.4. The van der Waals surface area contributed by atoms with Crippen molar-refractivity contribution in [2.45, 2.75) is 26.3 Å². The van der Waals surface area contributed by atoms with E-state index in [-0.39, 0.29) is 17.7 Å². The van der Waals surface area contributed by atoms with Crippen molar-refractivity contribution in [1.29, 1.82) is 0 Å². The molecule has 2 rings (SSSR count). The number of nitrogens with one attached hydrogen (secondary N) is 1. The third-order valence-corrected chi connectivity index (χ3v) is 3.64. The van der Waals surface area contributed by atoms with Gasteiger partial charge in [-0.25, -0.2) is 4.79 Å². The lowest BCUT2D eigenvalue weighted by molar-refractivity contribution is -0.142. The summed E-state index contributed by atoms with van der Waals surface area (Å²) in [5.41, 5.74) is 0.897. The Balaban J connectivity index is 2.23. The maximum atomic E-state index is 12.5. The molecule has 0 spiro atoms. The predicted molar refractivity (Wildman–Crippen MR) is 77.0 cm³/mol. The molecular weight excluding hydrogens is 272 g/mol. The molecular formula is C15H18N2O4. The van der Waals surface area contributed by atoms with Gasteiger partial charge in [0, 0.05) is 24.7 Å². The van der Waals surface area contributed by atoms with Crippen LogP contribution in [-0.2, 0) is 9.59 Å². The first-order valence-corrected chi connectivity index (χ1v) is 6.81. The minimum absolute atomic E-state index is 0.0648. The van der Waals surface area contributed by atoms with Crippen LogP contribution < -0.4 is 5.32 Å². The van der Waals surface area contributed by atoms with E-state index in [9.17, 15) is 19.5 Å². The Bertz CT molecular complexity index is 585. The van der Waals surface area contributed by atoms with Crippen molar-refractivity contribution in [2.24, 2.45) is 5.92 Å². The number of carbonyl (C=O) groups is 3. The highest BCUT2D eigenvalue weighted by molar-refractivity contribution is 5.98. The van der Waals surface area contributed by atoms with Crippen LogP contribution in [0.25, 0.3) is 0 Å². The molecule has 6 heteroatoms. The average Bonchev–Trinajstić information content (AvgIpc) is 2.79. The van der Waals surface area contributed by atoms with E-state index < -0.39 is 12.0 Å². The van der Waals surface area contributed by atoms with Gasteiger partial charge in [-0.05, 0) is 30.5 Å². The van der Waals surface area contributed by atoms with Crippen molar-refractivity contribution in [3.63, 3.8) is 0 Å². The molecule has 1 aliphatic rings. The summed E-state index contributed by atoms with van der Waals surface area (Å²) in [6.07, 6.45) is 0.675. The highest BCUT2D eigenvalue weighted by Gasteiger charge is 2.39. The fourth-order valence-corrected chi connectivity index (χ4v) is 2.65. The van der Waals surface area contributed by atoms with Crippen molar-refractivity contribution in [2.75, 3.05) is 11.9 Å². The lowest BCUT2D eigenvalue weighted by Crippen LogP contribution is -2.42. The van der Waals surface area contributed by atoms with Gasteiger partial charge in [0.1, 0.15) is 6.04 Å². The molecule has 21 heavy (non-hydrogen) atoms. The smallest absolute Gasteiger partial charge is 0.326 e. The monoisotopic (exact) mass is 290 g/mol. The Labute approximate surface area is 122 Å². The van der Waals surface area contributed by atoms with Crippen LogP contribution in [0, 0.1) is 5.92 Å². The number of benzene rings is 1. The van der Waals surface area contributed by atoms with Gasteiger partial charge in [-0.1, -0.05) is 13.0 Å². The lowest BCUT2D eigenvalue weighted by Gasteiger charge is -2.23. The average molecular weight is 290 g/mol. The molecule has 0 aromatic heterocycles. The van der Waals surface area contributed by atoms with Gasteiger partial charge in [0.25, 0.3) is 5.91 Å². The van der Waals surface area contributed by atoms with Gasteiger partial charge in [-0.15, -0.1) is 0 Å². The Morgan fingerprint density at radius 1 is 1.33 bits per heavy atom. The van der Waals surface area contributed by atoms with E-state index in [1.165, 1.54) is 11.8 Å². The summed E-state index contributed by atoms with van der Waals surface area (Å²) in [6, 6.07) is 5.73. The van der Waals surface area contributed by atoms with E-state index in [2.05, 4.69) is 5.32 Å². The van der Waals surface area contributed by atoms with Gasteiger partial charge in [0.2, 0.25) is 5.91 Å². The van der Waals surface area contributed by atoms with Gasteiger partial charge < -0.3 is 15.3 Å². The van der Waals surface area contributed by atoms with E-state index in [0.29, 0.717) is 24.2 Å². The van der Waals surface area contributed by atoms with Crippen LogP contribution in [0.1, 0.15) is 30.6 Å². The molecule has 1 aliphatic heterocycles. The van der Waals surface area contributed by atoms with Crippen LogP contribution in [0.3, 0.4) is 0 Å². The number of likely N-dealkylation sites (tertiary alicyclic amines) is 1. The zero-order valence-corrected chi connectivity index (χ0v) is 12.0. The maximum Gasteiger partial charge on any atom is 0.326 e. The van der Waals surface area contributed by atoms with E-state index in [1.807, 2.05) is 6.92 Å². The third kappa shape index (κ3) is 3.21. The molecule has 1 aromatic carbocycles. The number of nitrogens with zero attached hydrogens (tertiary/aromatic N) is 1. The van der Waals surface area contributed by atoms with Crippen LogP contribution in [0.5, 0.6) is 0 Å². The molecule has 2 atom stereocenters. The molecule has 112 valence electrons. The first-order valence-electron chi connectivity index (χ1n) is 6.81. The van der Waals surface area contributed by atoms with E-state index in [4.69, 9.17) is 0 Å². The number of aliphatic carboxylic acids is 1. The Morgan fingerprint density at radius 2 is 2.05 bits per heavy atom. The normalized spacial score (nSPS) is 21.1. The number of carboxylic acid groups (broad SMARTS) is 1.